The number of pyridine rings is 1. The lowest BCUT2D eigenvalue weighted by atomic mass is 10.2. The van der Waals surface area contributed by atoms with Crippen LogP contribution in [0.5, 0.6) is 0 Å². The molecule has 0 aromatic carbocycles. The fourth-order valence-electron chi connectivity index (χ4n) is 1.18. The fraction of sp³-hybridized carbons (Fsp3) is 0.385. The molecule has 0 atom stereocenters. The molecule has 0 fully saturated rings. The summed E-state index contributed by atoms with van der Waals surface area (Å²) in [5.41, 5.74) is 1.84. The van der Waals surface area contributed by atoms with Crippen molar-refractivity contribution in [3.63, 3.8) is 0 Å². The van der Waals surface area contributed by atoms with Gasteiger partial charge in [-0.25, -0.2) is 4.79 Å². The van der Waals surface area contributed by atoms with Crippen molar-refractivity contribution in [1.82, 2.24) is 4.98 Å². The van der Waals surface area contributed by atoms with Crippen molar-refractivity contribution in [2.45, 2.75) is 26.7 Å². The first-order valence-corrected chi connectivity index (χ1v) is 5.50. The summed E-state index contributed by atoms with van der Waals surface area (Å²) < 4.78 is 4.99. The lowest BCUT2D eigenvalue weighted by molar-refractivity contribution is -0.137. The minimum Gasteiger partial charge on any atom is -0.463 e. The molecule has 0 aliphatic carbocycles. The van der Waals surface area contributed by atoms with Crippen LogP contribution in [-0.4, -0.2) is 17.6 Å². The van der Waals surface area contributed by atoms with Gasteiger partial charge in [0.25, 0.3) is 0 Å². The summed E-state index contributed by atoms with van der Waals surface area (Å²) in [6, 6.07) is 3.82. The van der Waals surface area contributed by atoms with Crippen molar-refractivity contribution in [1.29, 1.82) is 0 Å². The molecule has 3 nitrogen and oxygen atoms in total. The number of carbonyl (C=O) groups is 1. The van der Waals surface area contributed by atoms with Crippen LogP contribution in [0.4, 0.5) is 0 Å². The minimum absolute atomic E-state index is 0.307. The van der Waals surface area contributed by atoms with E-state index >= 15 is 0 Å². The predicted molar refractivity (Wildman–Crippen MR) is 63.9 cm³/mol. The van der Waals surface area contributed by atoms with E-state index in [9.17, 15) is 4.79 Å². The predicted octanol–water partition coefficient (Wildman–Crippen LogP) is 2.75. The highest BCUT2D eigenvalue weighted by molar-refractivity contribution is 5.86. The molecule has 0 radical (unpaired) electrons. The summed E-state index contributed by atoms with van der Waals surface area (Å²) in [7, 11) is 0. The quantitative estimate of drug-likeness (QED) is 0.434. The second-order valence-electron chi connectivity index (χ2n) is 3.56. The lowest BCUT2D eigenvalue weighted by Crippen LogP contribution is -2.01. The van der Waals surface area contributed by atoms with E-state index in [1.165, 1.54) is 6.08 Å². The topological polar surface area (TPSA) is 39.2 Å². The Kier molecular flexibility index (Phi) is 5.26. The monoisotopic (exact) mass is 219 g/mol. The molecule has 3 heteroatoms. The summed E-state index contributed by atoms with van der Waals surface area (Å²) in [5, 5.41) is 0. The maximum atomic E-state index is 11.3. The van der Waals surface area contributed by atoms with Gasteiger partial charge < -0.3 is 4.74 Å². The van der Waals surface area contributed by atoms with Crippen LogP contribution in [0.3, 0.4) is 0 Å². The van der Waals surface area contributed by atoms with Gasteiger partial charge in [-0.15, -0.1) is 0 Å². The zero-order chi connectivity index (χ0) is 11.8. The van der Waals surface area contributed by atoms with Gasteiger partial charge in [-0.2, -0.15) is 0 Å². The molecule has 1 heterocycles. The van der Waals surface area contributed by atoms with Gasteiger partial charge in [0.1, 0.15) is 0 Å². The Morgan fingerprint density at radius 3 is 3.06 bits per heavy atom. The second kappa shape index (κ2) is 6.77. The number of esters is 1. The lowest BCUT2D eigenvalue weighted by Gasteiger charge is -2.00. The van der Waals surface area contributed by atoms with Crippen molar-refractivity contribution in [2.24, 2.45) is 0 Å². The Bertz CT molecular complexity index is 372. The molecular formula is C13H17NO2. The highest BCUT2D eigenvalue weighted by Gasteiger charge is 1.97. The molecular weight excluding hydrogens is 202 g/mol. The fourth-order valence-corrected chi connectivity index (χ4v) is 1.18. The van der Waals surface area contributed by atoms with Crippen LogP contribution in [0.1, 0.15) is 31.0 Å². The number of hydrogen-bond donors (Lipinski definition) is 0. The molecule has 16 heavy (non-hydrogen) atoms. The molecule has 0 saturated heterocycles. The third kappa shape index (κ3) is 4.26. The first kappa shape index (κ1) is 12.4. The number of hydrogen-bond acceptors (Lipinski definition) is 3. The summed E-state index contributed by atoms with van der Waals surface area (Å²) in [4.78, 5) is 15.4. The standard InChI is InChI=1S/C13H17NO2/c1-3-4-10-16-13(15)8-7-12-11(2)6-5-9-14-12/h5-9H,3-4,10H2,1-2H3/b8-7+. The van der Waals surface area contributed by atoms with Crippen LogP contribution in [-0.2, 0) is 9.53 Å². The Morgan fingerprint density at radius 2 is 2.38 bits per heavy atom. The number of aryl methyl sites for hydroxylation is 1. The number of ether oxygens (including phenoxy) is 1. The molecule has 0 spiro atoms. The van der Waals surface area contributed by atoms with Crippen LogP contribution in [0.25, 0.3) is 6.08 Å². The van der Waals surface area contributed by atoms with Gasteiger partial charge in [-0.05, 0) is 31.1 Å². The molecule has 86 valence electrons. The SMILES string of the molecule is CCCCOC(=O)/C=C/c1ncccc1C. The second-order valence-corrected chi connectivity index (χ2v) is 3.56. The van der Waals surface area contributed by atoms with Crippen molar-refractivity contribution < 1.29 is 9.53 Å². The molecule has 1 aromatic heterocycles. The van der Waals surface area contributed by atoms with E-state index in [0.717, 1.165) is 24.1 Å². The average molecular weight is 219 g/mol. The normalized spacial score (nSPS) is 10.6. The number of aromatic nitrogens is 1. The number of nitrogens with zero attached hydrogens (tertiary/aromatic N) is 1. The van der Waals surface area contributed by atoms with Crippen molar-refractivity contribution in [2.75, 3.05) is 6.61 Å². The minimum atomic E-state index is -0.307. The first-order chi connectivity index (χ1) is 7.74. The van der Waals surface area contributed by atoms with Gasteiger partial charge >= 0.3 is 5.97 Å². The maximum Gasteiger partial charge on any atom is 0.330 e. The van der Waals surface area contributed by atoms with E-state index in [4.69, 9.17) is 4.74 Å². The molecule has 0 N–H and O–H groups in total. The summed E-state index contributed by atoms with van der Waals surface area (Å²) >= 11 is 0. The van der Waals surface area contributed by atoms with E-state index in [1.807, 2.05) is 19.1 Å². The van der Waals surface area contributed by atoms with E-state index in [-0.39, 0.29) is 5.97 Å². The third-order valence-electron chi connectivity index (χ3n) is 2.17. The number of carbonyl (C=O) groups excluding carboxylic acids is 1. The number of unbranched alkanes of at least 4 members (excludes halogenated alkanes) is 1. The zero-order valence-corrected chi connectivity index (χ0v) is 9.77. The molecule has 0 amide bonds. The van der Waals surface area contributed by atoms with Crippen LogP contribution in [0, 0.1) is 6.92 Å². The zero-order valence-electron chi connectivity index (χ0n) is 9.77. The van der Waals surface area contributed by atoms with Crippen LogP contribution < -0.4 is 0 Å². The largest absolute Gasteiger partial charge is 0.463 e. The molecule has 1 aromatic rings. The summed E-state index contributed by atoms with van der Waals surface area (Å²) in [6.07, 6.45) is 6.74. The first-order valence-electron chi connectivity index (χ1n) is 5.50. The van der Waals surface area contributed by atoms with E-state index in [1.54, 1.807) is 12.3 Å². The molecule has 0 saturated carbocycles. The number of rotatable bonds is 5. The van der Waals surface area contributed by atoms with Gasteiger partial charge in [0, 0.05) is 12.3 Å². The Morgan fingerprint density at radius 1 is 1.56 bits per heavy atom. The van der Waals surface area contributed by atoms with E-state index < -0.39 is 0 Å². The van der Waals surface area contributed by atoms with E-state index in [2.05, 4.69) is 11.9 Å². The average Bonchev–Trinajstić information content (AvgIpc) is 2.28. The van der Waals surface area contributed by atoms with Crippen molar-refractivity contribution in [3.8, 4) is 0 Å². The summed E-state index contributed by atoms with van der Waals surface area (Å²) in [5.74, 6) is -0.307. The highest BCUT2D eigenvalue weighted by Crippen LogP contribution is 2.05. The van der Waals surface area contributed by atoms with E-state index in [0.29, 0.717) is 6.61 Å². The van der Waals surface area contributed by atoms with Gasteiger partial charge in [0.15, 0.2) is 0 Å². The van der Waals surface area contributed by atoms with Crippen molar-refractivity contribution >= 4 is 12.0 Å². The smallest absolute Gasteiger partial charge is 0.330 e. The van der Waals surface area contributed by atoms with Crippen LogP contribution in [0.2, 0.25) is 0 Å². The Labute approximate surface area is 96.2 Å². The van der Waals surface area contributed by atoms with Crippen molar-refractivity contribution in [3.05, 3.63) is 35.7 Å². The van der Waals surface area contributed by atoms with Crippen LogP contribution >= 0.6 is 0 Å². The van der Waals surface area contributed by atoms with Gasteiger partial charge in [-0.3, -0.25) is 4.98 Å². The molecule has 0 aliphatic rings. The molecule has 0 bridgehead atoms. The molecule has 0 unspecified atom stereocenters. The summed E-state index contributed by atoms with van der Waals surface area (Å²) in [6.45, 7) is 4.50. The third-order valence-corrected chi connectivity index (χ3v) is 2.17. The maximum absolute atomic E-state index is 11.3. The Hall–Kier alpha value is -1.64. The van der Waals surface area contributed by atoms with Gasteiger partial charge in [-0.1, -0.05) is 19.4 Å². The van der Waals surface area contributed by atoms with Gasteiger partial charge in [0.05, 0.1) is 12.3 Å². The van der Waals surface area contributed by atoms with Crippen LogP contribution in [0.15, 0.2) is 24.4 Å². The molecule has 0 aliphatic heterocycles. The Balaban J connectivity index is 2.47. The van der Waals surface area contributed by atoms with Gasteiger partial charge in [0.2, 0.25) is 0 Å². The highest BCUT2D eigenvalue weighted by atomic mass is 16.5. The molecule has 1 rings (SSSR count).